The van der Waals surface area contributed by atoms with Crippen LogP contribution in [0.5, 0.6) is 0 Å². The second kappa shape index (κ2) is 3.22. The van der Waals surface area contributed by atoms with Crippen molar-refractivity contribution in [1.82, 2.24) is 5.32 Å². The van der Waals surface area contributed by atoms with Crippen LogP contribution in [-0.4, -0.2) is 24.7 Å². The summed E-state index contributed by atoms with van der Waals surface area (Å²) in [5, 5.41) is 16.8. The fraction of sp³-hybridized carbons (Fsp3) is 0.500. The summed E-state index contributed by atoms with van der Waals surface area (Å²) in [4.78, 5) is 0. The van der Waals surface area contributed by atoms with Gasteiger partial charge in [0.25, 0.3) is 0 Å². The summed E-state index contributed by atoms with van der Waals surface area (Å²) in [6, 6.07) is 6.36. The van der Waals surface area contributed by atoms with Gasteiger partial charge in [0.15, 0.2) is 0 Å². The van der Waals surface area contributed by atoms with Gasteiger partial charge in [0.2, 0.25) is 0 Å². The van der Waals surface area contributed by atoms with E-state index in [9.17, 15) is 5.11 Å². The Balaban J connectivity index is 2.12. The van der Waals surface area contributed by atoms with Crippen LogP contribution in [0.2, 0.25) is 0 Å². The highest BCUT2D eigenvalue weighted by atomic mass is 16.3. The first-order valence-electron chi connectivity index (χ1n) is 5.53. The summed E-state index contributed by atoms with van der Waals surface area (Å²) in [5.74, 6) is 0.567. The van der Waals surface area contributed by atoms with Crippen LogP contribution in [0, 0.1) is 0 Å². The molecule has 3 heteroatoms. The third-order valence-electron chi connectivity index (χ3n) is 3.70. The Morgan fingerprint density at radius 1 is 1.47 bits per heavy atom. The molecule has 0 spiro atoms. The van der Waals surface area contributed by atoms with E-state index in [0.717, 1.165) is 18.5 Å². The van der Waals surface area contributed by atoms with Gasteiger partial charge in [0.1, 0.15) is 0 Å². The minimum Gasteiger partial charge on any atom is -0.387 e. The van der Waals surface area contributed by atoms with Gasteiger partial charge in [-0.05, 0) is 30.7 Å². The maximum atomic E-state index is 10.2. The molecule has 1 aliphatic carbocycles. The van der Waals surface area contributed by atoms with Crippen molar-refractivity contribution in [2.75, 3.05) is 18.9 Å². The van der Waals surface area contributed by atoms with Crippen LogP contribution < -0.4 is 10.6 Å². The lowest BCUT2D eigenvalue weighted by molar-refractivity contribution is 0.114. The minimum atomic E-state index is -0.360. The van der Waals surface area contributed by atoms with Crippen molar-refractivity contribution in [3.8, 4) is 0 Å². The van der Waals surface area contributed by atoms with Crippen LogP contribution in [0.4, 0.5) is 5.69 Å². The normalized spacial score (nSPS) is 32.3. The van der Waals surface area contributed by atoms with Gasteiger partial charge in [0, 0.05) is 24.2 Å². The van der Waals surface area contributed by atoms with Crippen molar-refractivity contribution in [3.05, 3.63) is 29.3 Å². The van der Waals surface area contributed by atoms with Gasteiger partial charge in [-0.3, -0.25) is 0 Å². The Morgan fingerprint density at radius 3 is 3.13 bits per heavy atom. The molecule has 0 fully saturated rings. The predicted molar refractivity (Wildman–Crippen MR) is 60.1 cm³/mol. The minimum absolute atomic E-state index is 0.192. The zero-order valence-electron chi connectivity index (χ0n) is 8.83. The second-order valence-electron chi connectivity index (χ2n) is 4.46. The molecule has 0 amide bonds. The first-order valence-corrected chi connectivity index (χ1v) is 5.53. The van der Waals surface area contributed by atoms with E-state index in [-0.39, 0.29) is 12.1 Å². The molecular formula is C12H16N2O. The van der Waals surface area contributed by atoms with Gasteiger partial charge in [-0.2, -0.15) is 0 Å². The number of anilines is 1. The van der Waals surface area contributed by atoms with Gasteiger partial charge in [0.05, 0.1) is 6.10 Å². The maximum absolute atomic E-state index is 10.2. The molecule has 1 heterocycles. The highest BCUT2D eigenvalue weighted by molar-refractivity contribution is 5.62. The van der Waals surface area contributed by atoms with Crippen LogP contribution in [0.1, 0.15) is 29.6 Å². The van der Waals surface area contributed by atoms with E-state index in [0.29, 0.717) is 5.92 Å². The Kier molecular flexibility index (Phi) is 1.97. The first kappa shape index (κ1) is 9.19. The summed E-state index contributed by atoms with van der Waals surface area (Å²) in [6.45, 7) is 1.01. The summed E-state index contributed by atoms with van der Waals surface area (Å²) in [7, 11) is 1.92. The lowest BCUT2D eigenvalue weighted by atomic mass is 9.79. The van der Waals surface area contributed by atoms with Crippen LogP contribution in [0.3, 0.4) is 0 Å². The molecule has 1 aliphatic heterocycles. The predicted octanol–water partition coefficient (Wildman–Crippen LogP) is 1.22. The quantitative estimate of drug-likeness (QED) is 0.644. The molecule has 1 unspecified atom stereocenters. The molecule has 3 rings (SSSR count). The van der Waals surface area contributed by atoms with E-state index < -0.39 is 0 Å². The number of likely N-dealkylation sites (N-methyl/N-ethyl adjacent to an activating group) is 1. The van der Waals surface area contributed by atoms with Crippen molar-refractivity contribution >= 4 is 5.69 Å². The highest BCUT2D eigenvalue weighted by Gasteiger charge is 2.37. The Labute approximate surface area is 89.5 Å². The molecule has 2 aliphatic rings. The van der Waals surface area contributed by atoms with Gasteiger partial charge < -0.3 is 15.7 Å². The summed E-state index contributed by atoms with van der Waals surface area (Å²) < 4.78 is 0. The molecule has 0 saturated heterocycles. The Hall–Kier alpha value is -1.06. The van der Waals surface area contributed by atoms with Crippen LogP contribution >= 0.6 is 0 Å². The lowest BCUT2D eigenvalue weighted by Crippen LogP contribution is -2.37. The largest absolute Gasteiger partial charge is 0.387 e. The number of hydrogen-bond acceptors (Lipinski definition) is 3. The van der Waals surface area contributed by atoms with Gasteiger partial charge in [-0.1, -0.05) is 12.1 Å². The van der Waals surface area contributed by atoms with Crippen molar-refractivity contribution < 1.29 is 5.11 Å². The Bertz CT molecular complexity index is 391. The van der Waals surface area contributed by atoms with Crippen molar-refractivity contribution in [1.29, 1.82) is 0 Å². The SMILES string of the molecule is CNC1C[C@H]2CNc3cccc(c32)[C@H]1O. The maximum Gasteiger partial charge on any atom is 0.0946 e. The zero-order chi connectivity index (χ0) is 10.4. The molecule has 3 N–H and O–H groups in total. The molecule has 0 bridgehead atoms. The fourth-order valence-corrected chi connectivity index (χ4v) is 2.92. The zero-order valence-corrected chi connectivity index (χ0v) is 8.83. The molecule has 3 nitrogen and oxygen atoms in total. The van der Waals surface area contributed by atoms with E-state index in [1.54, 1.807) is 0 Å². The first-order chi connectivity index (χ1) is 7.31. The number of hydrogen-bond donors (Lipinski definition) is 3. The standard InChI is InChI=1S/C12H16N2O/c1-13-10-5-7-6-14-9-4-2-3-8(11(7)9)12(10)15/h2-4,7,10,12-15H,5-6H2,1H3/t7-,10?,12+/m0/s1. The van der Waals surface area contributed by atoms with Crippen molar-refractivity contribution in [3.63, 3.8) is 0 Å². The third kappa shape index (κ3) is 1.20. The number of aliphatic hydroxyl groups excluding tert-OH is 1. The van der Waals surface area contributed by atoms with Crippen molar-refractivity contribution in [2.45, 2.75) is 24.5 Å². The summed E-state index contributed by atoms with van der Waals surface area (Å²) >= 11 is 0. The van der Waals surface area contributed by atoms with Crippen molar-refractivity contribution in [2.24, 2.45) is 0 Å². The van der Waals surface area contributed by atoms with Crippen LogP contribution in [-0.2, 0) is 0 Å². The molecule has 80 valence electrons. The average molecular weight is 204 g/mol. The lowest BCUT2D eigenvalue weighted by Gasteiger charge is -2.32. The van der Waals surface area contributed by atoms with Crippen LogP contribution in [0.25, 0.3) is 0 Å². The second-order valence-corrected chi connectivity index (χ2v) is 4.46. The molecule has 0 saturated carbocycles. The summed E-state index contributed by atoms with van der Waals surface area (Å²) in [5.41, 5.74) is 3.66. The number of nitrogens with one attached hydrogen (secondary N) is 2. The average Bonchev–Trinajstić information content (AvgIpc) is 2.68. The Morgan fingerprint density at radius 2 is 2.33 bits per heavy atom. The van der Waals surface area contributed by atoms with E-state index in [1.807, 2.05) is 19.2 Å². The summed E-state index contributed by atoms with van der Waals surface area (Å²) in [6.07, 6.45) is 0.662. The molecular weight excluding hydrogens is 188 g/mol. The number of aliphatic hydroxyl groups is 1. The number of benzene rings is 1. The molecule has 15 heavy (non-hydrogen) atoms. The molecule has 0 radical (unpaired) electrons. The van der Waals surface area contributed by atoms with Crippen LogP contribution in [0.15, 0.2) is 18.2 Å². The van der Waals surface area contributed by atoms with E-state index >= 15 is 0 Å². The molecule has 3 atom stereocenters. The third-order valence-corrected chi connectivity index (χ3v) is 3.70. The number of rotatable bonds is 1. The van der Waals surface area contributed by atoms with E-state index in [1.165, 1.54) is 11.3 Å². The molecule has 1 aromatic rings. The fourth-order valence-electron chi connectivity index (χ4n) is 2.92. The smallest absolute Gasteiger partial charge is 0.0946 e. The monoisotopic (exact) mass is 204 g/mol. The van der Waals surface area contributed by atoms with E-state index in [2.05, 4.69) is 16.7 Å². The van der Waals surface area contributed by atoms with E-state index in [4.69, 9.17) is 0 Å². The highest BCUT2D eigenvalue weighted by Crippen LogP contribution is 2.44. The molecule has 1 aromatic carbocycles. The topological polar surface area (TPSA) is 44.3 Å². The van der Waals surface area contributed by atoms with Gasteiger partial charge >= 0.3 is 0 Å². The molecule has 0 aromatic heterocycles. The van der Waals surface area contributed by atoms with Gasteiger partial charge in [-0.15, -0.1) is 0 Å². The van der Waals surface area contributed by atoms with Gasteiger partial charge in [-0.25, -0.2) is 0 Å².